The zero-order valence-electron chi connectivity index (χ0n) is 85.5. The van der Waals surface area contributed by atoms with E-state index in [2.05, 4.69) is 173 Å². The van der Waals surface area contributed by atoms with Crippen LogP contribution in [-0.2, 0) is 84.8 Å². The Morgan fingerprint density at radius 2 is 0.575 bits per heavy atom. The molecule has 5 saturated carbocycles. The Bertz CT molecular complexity index is 5910. The fourth-order valence-corrected chi connectivity index (χ4v) is 23.1. The van der Waals surface area contributed by atoms with Crippen molar-refractivity contribution in [3.63, 3.8) is 0 Å². The molecule has 0 bridgehead atoms. The van der Waals surface area contributed by atoms with E-state index in [-0.39, 0.29) is 62.1 Å². The van der Waals surface area contributed by atoms with Gasteiger partial charge in [0.1, 0.15) is 6.61 Å². The molecule has 36 heteroatoms. The summed E-state index contributed by atoms with van der Waals surface area (Å²) in [6.07, 6.45) is 44.1. The summed E-state index contributed by atoms with van der Waals surface area (Å²) in [5.74, 6) is 8.45. The number of morpholine rings is 5. The highest BCUT2D eigenvalue weighted by molar-refractivity contribution is 7.88. The Morgan fingerprint density at radius 1 is 0.342 bits per heavy atom. The molecular weight excluding hydrogens is 1870 g/mol. The number of benzene rings is 5. The monoisotopic (exact) mass is 2020 g/mol. The second kappa shape index (κ2) is 54.8. The minimum atomic E-state index is -3.13. The summed E-state index contributed by atoms with van der Waals surface area (Å²) in [5.41, 5.74) is 22.2. The summed E-state index contributed by atoms with van der Waals surface area (Å²) in [5, 5.41) is 20.7. The number of hydrogen-bond acceptors (Lipinski definition) is 30. The minimum absolute atomic E-state index is 0.0365. The second-order valence-corrected chi connectivity index (χ2v) is 42.1. The highest BCUT2D eigenvalue weighted by atomic mass is 32.2. The van der Waals surface area contributed by atoms with E-state index in [1.165, 1.54) is 62.5 Å². The molecule has 4 amide bonds. The van der Waals surface area contributed by atoms with Gasteiger partial charge in [0.05, 0.1) is 141 Å². The van der Waals surface area contributed by atoms with Crippen LogP contribution in [0.15, 0.2) is 123 Å². The highest BCUT2D eigenvalue weighted by Gasteiger charge is 2.33. The van der Waals surface area contributed by atoms with E-state index in [9.17, 15) is 27.6 Å². The Morgan fingerprint density at radius 3 is 0.808 bits per heavy atom. The van der Waals surface area contributed by atoms with Gasteiger partial charge in [-0.3, -0.25) is 54.6 Å². The smallest absolute Gasteiger partial charge is 0.408 e. The predicted octanol–water partition coefficient (Wildman–Crippen LogP) is 14.1. The van der Waals surface area contributed by atoms with Crippen molar-refractivity contribution < 1.29 is 70.6 Å². The number of nitrogens with one attached hydrogen (secondary N) is 5. The lowest BCUT2D eigenvalue weighted by Crippen LogP contribution is -2.38. The van der Waals surface area contributed by atoms with Crippen LogP contribution in [0.3, 0.4) is 0 Å². The van der Waals surface area contributed by atoms with E-state index in [0.717, 1.165) is 354 Å². The van der Waals surface area contributed by atoms with Gasteiger partial charge in [-0.25, -0.2) is 27.5 Å². The van der Waals surface area contributed by atoms with Crippen LogP contribution in [0.5, 0.6) is 0 Å². The van der Waals surface area contributed by atoms with Gasteiger partial charge in [0.2, 0.25) is 15.9 Å². The lowest BCUT2D eigenvalue weighted by Gasteiger charge is -2.31. The average molecular weight is 2020 g/mol. The standard InChI is InChI=1S/C24H30N4O3.C23H32N4O3.C22H30N4O4.C21H28N4O2.C20H28N4O3S/c1-2-3-12-31-24(29)27-20-6-4-18(5-7-20)15-19-16-21(28-10-13-30-14-11-28)17-22-23(19)26-9-8-25-22;1-2-11-30-23(28)26-19-5-3-17(4-6-19)14-18-15-20(27-9-12-29-13-10-27)16-21-22(18)25-8-7-24-21;27-9-12-30-22(28)25-18-3-1-16(2-4-18)13-17-14-19(26-7-10-29-11-8-26)15-20-21(17)24-6-5-23-20;1-15(26)24-18-4-2-16(3-5-18)12-17-13-19(25-8-10-27-11-9-25)14-20-21(17)23-7-6-22-20;1-28(25,26)23-17-4-2-15(3-5-17)12-16-13-18(24-8-10-27-11-9-24)14-19-20(16)22-7-6-21-19/h8-9,16-18,20H,4-7,10-15H2,1H3,(H,27,29);7-8,15-17,19H,2-6,9-14H2,1H3,(H,26,28);5-6,14-16,18,27H,1-4,7-13H2,(H,25,28);6-7,13-14,16,18H,2-5,8-12H2,1H3,(H,24,26);6-7,13-15,17,23H,2-5,8-12H2,1H3. The number of alkyl carbamates (subject to hydrolysis) is 3. The van der Waals surface area contributed by atoms with E-state index in [1.54, 1.807) is 75.8 Å². The number of carbonyl (C=O) groups excluding carboxylic acids is 4. The Balaban J connectivity index is 0.000000131. The number of aliphatic hydroxyl groups excluding tert-OH is 1. The molecule has 35 nitrogen and oxygen atoms in total. The topological polar surface area (TPSA) is 402 Å². The van der Waals surface area contributed by atoms with Crippen LogP contribution in [0.2, 0.25) is 0 Å². The number of fused-ring (bicyclic) bond motifs is 5. The van der Waals surface area contributed by atoms with Gasteiger partial charge in [0, 0.05) is 193 Å². The van der Waals surface area contributed by atoms with Crippen molar-refractivity contribution in [1.29, 1.82) is 0 Å². The van der Waals surface area contributed by atoms with Crippen LogP contribution in [0.1, 0.15) is 183 Å². The summed E-state index contributed by atoms with van der Waals surface area (Å²) in [4.78, 5) is 104. The number of rotatable bonds is 26. The number of carbonyl (C=O) groups is 4. The van der Waals surface area contributed by atoms with Gasteiger partial charge in [-0.05, 0) is 292 Å². The molecule has 0 unspecified atom stereocenters. The lowest BCUT2D eigenvalue weighted by molar-refractivity contribution is -0.119. The number of ether oxygens (including phenoxy) is 8. The van der Waals surface area contributed by atoms with E-state index in [0.29, 0.717) is 42.2 Å². The van der Waals surface area contributed by atoms with Gasteiger partial charge in [-0.15, -0.1) is 5.92 Å². The number of sulfonamides is 1. The summed E-state index contributed by atoms with van der Waals surface area (Å²) in [7, 11) is -3.13. The molecule has 5 saturated heterocycles. The van der Waals surface area contributed by atoms with Crippen molar-refractivity contribution in [2.24, 2.45) is 29.6 Å². The molecule has 20 rings (SSSR count). The molecular formula is C110H148N20O15S. The highest BCUT2D eigenvalue weighted by Crippen LogP contribution is 2.40. The zero-order chi connectivity index (χ0) is 101. The molecule has 0 spiro atoms. The number of aliphatic hydroxyl groups is 1. The van der Waals surface area contributed by atoms with E-state index in [4.69, 9.17) is 43.0 Å². The van der Waals surface area contributed by atoms with Crippen LogP contribution in [0.25, 0.3) is 55.2 Å². The Hall–Kier alpha value is -11.7. The van der Waals surface area contributed by atoms with Gasteiger partial charge >= 0.3 is 18.3 Å². The normalized spacial score (nSPS) is 22.5. The maximum atomic E-state index is 11.9. The fraction of sp³-hybridized carbons (Fsp3) is 0.582. The molecule has 5 aromatic carbocycles. The van der Waals surface area contributed by atoms with Crippen molar-refractivity contribution >= 4 is 118 Å². The number of hydrogen-bond donors (Lipinski definition) is 6. The molecule has 10 aliphatic rings. The molecule has 146 heavy (non-hydrogen) atoms. The second-order valence-electron chi connectivity index (χ2n) is 40.3. The third-order valence-corrected chi connectivity index (χ3v) is 30.6. The third-order valence-electron chi connectivity index (χ3n) is 29.8. The number of aromatic nitrogens is 10. The third kappa shape index (κ3) is 31.9. The zero-order valence-corrected chi connectivity index (χ0v) is 86.3. The van der Waals surface area contributed by atoms with Crippen LogP contribution in [-0.4, -0.2) is 282 Å². The quantitative estimate of drug-likeness (QED) is 0.0217. The Labute approximate surface area is 857 Å². The van der Waals surface area contributed by atoms with E-state index < -0.39 is 16.1 Å². The predicted molar refractivity (Wildman–Crippen MR) is 566 cm³/mol. The van der Waals surface area contributed by atoms with Crippen molar-refractivity contribution in [3.8, 4) is 11.8 Å². The van der Waals surface area contributed by atoms with Gasteiger partial charge < -0.3 is 88.8 Å². The first kappa shape index (κ1) is 107. The van der Waals surface area contributed by atoms with Crippen molar-refractivity contribution in [3.05, 3.63) is 150 Å². The van der Waals surface area contributed by atoms with Crippen molar-refractivity contribution in [2.75, 3.05) is 189 Å². The van der Waals surface area contributed by atoms with Gasteiger partial charge in [0.25, 0.3) is 0 Å². The first-order valence-electron chi connectivity index (χ1n) is 53.2. The molecule has 6 N–H and O–H groups in total. The van der Waals surface area contributed by atoms with Gasteiger partial charge in [-0.2, -0.15) is 0 Å². The summed E-state index contributed by atoms with van der Waals surface area (Å²) in [6, 6.07) is 23.1. The first-order chi connectivity index (χ1) is 71.3. The van der Waals surface area contributed by atoms with Gasteiger partial charge in [0.15, 0.2) is 6.61 Å². The van der Waals surface area contributed by atoms with E-state index >= 15 is 0 Å². The largest absolute Gasteiger partial charge is 0.450 e. The van der Waals surface area contributed by atoms with Crippen molar-refractivity contribution in [1.82, 2.24) is 75.8 Å². The molecule has 5 aliphatic carbocycles. The average Bonchev–Trinajstić information content (AvgIpc) is 0.808. The summed E-state index contributed by atoms with van der Waals surface area (Å²) >= 11 is 0. The summed E-state index contributed by atoms with van der Waals surface area (Å²) in [6.45, 7) is 22.6. The van der Waals surface area contributed by atoms with Crippen LogP contribution < -0.4 is 50.5 Å². The number of anilines is 5. The molecule has 0 atom stereocenters. The van der Waals surface area contributed by atoms with Crippen molar-refractivity contribution in [2.45, 2.75) is 218 Å². The summed E-state index contributed by atoms with van der Waals surface area (Å²) < 4.78 is 68.3. The molecule has 10 aromatic rings. The molecule has 784 valence electrons. The molecule has 0 radical (unpaired) electrons. The lowest BCUT2D eigenvalue weighted by atomic mass is 9.82. The fourth-order valence-electron chi connectivity index (χ4n) is 22.3. The SMILES string of the molecule is CC#CCOC(=O)NC1CCC(Cc2cc(N3CCOCC3)cc3nccnc23)CC1.CC(=O)NC1CCC(Cc2cc(N3CCOCC3)cc3nccnc23)CC1.CCCOC(=O)NC1CCC(Cc2cc(N3CCOCC3)cc3nccnc23)CC1.CS(=O)(=O)NC1CCC(Cc2cc(N3CCOCC3)cc3nccnc23)CC1.O=C(NC1CCC(Cc2cc(N3CCOCC3)cc3nccnc23)CC1)OCCO. The Kier molecular flexibility index (Phi) is 40.2. The van der Waals surface area contributed by atoms with Crippen LogP contribution in [0.4, 0.5) is 42.8 Å². The maximum Gasteiger partial charge on any atom is 0.408 e. The molecule has 5 aliphatic heterocycles. The minimum Gasteiger partial charge on any atom is -0.450 e. The molecule has 10 heterocycles. The van der Waals surface area contributed by atoms with Crippen LogP contribution >= 0.6 is 0 Å². The first-order valence-corrected chi connectivity index (χ1v) is 55.1. The van der Waals surface area contributed by atoms with E-state index in [1.807, 2.05) is 6.92 Å². The van der Waals surface area contributed by atoms with Crippen LogP contribution in [0, 0.1) is 41.4 Å². The molecule has 10 fully saturated rings. The number of nitrogens with zero attached hydrogens (tertiary/aromatic N) is 15. The maximum absolute atomic E-state index is 11.9. The molecule has 5 aromatic heterocycles. The van der Waals surface area contributed by atoms with Gasteiger partial charge in [-0.1, -0.05) is 12.8 Å². The number of amides is 4.